The van der Waals surface area contributed by atoms with Crippen LogP contribution in [0.2, 0.25) is 0 Å². The van der Waals surface area contributed by atoms with E-state index in [2.05, 4.69) is 16.1 Å². The predicted octanol–water partition coefficient (Wildman–Crippen LogP) is 4.77. The fourth-order valence-corrected chi connectivity index (χ4v) is 6.56. The lowest BCUT2D eigenvalue weighted by atomic mass is 9.99. The van der Waals surface area contributed by atoms with E-state index in [1.807, 2.05) is 57.2 Å². The van der Waals surface area contributed by atoms with Crippen LogP contribution in [0.4, 0.5) is 0 Å². The molecule has 252 valence electrons. The van der Waals surface area contributed by atoms with Crippen LogP contribution in [-0.4, -0.2) is 73.6 Å². The van der Waals surface area contributed by atoms with E-state index in [9.17, 15) is 23.1 Å². The van der Waals surface area contributed by atoms with Crippen molar-refractivity contribution >= 4 is 21.8 Å². The van der Waals surface area contributed by atoms with Crippen LogP contribution in [0, 0.1) is 12.3 Å². The van der Waals surface area contributed by atoms with Crippen molar-refractivity contribution in [3.05, 3.63) is 107 Å². The number of carbonyl (C=O) groups excluding carboxylic acids is 2. The molecule has 3 rings (SSSR count). The number of aliphatic hydroxyl groups is 1. The SMILES string of the molecule is C#Cc1cc(C(=O)NC(Cc2ccccc2)C(O)CN(CCCC)NS(=O)(=O)Cc2ccccc2)cc(C(=O)N(CCC)CCC)c1. The maximum atomic E-state index is 13.8. The van der Waals surface area contributed by atoms with Gasteiger partial charge in [-0.05, 0) is 55.0 Å². The average Bonchev–Trinajstić information content (AvgIpc) is 3.06. The van der Waals surface area contributed by atoms with Crippen molar-refractivity contribution < 1.29 is 23.1 Å². The van der Waals surface area contributed by atoms with Crippen LogP contribution >= 0.6 is 0 Å². The van der Waals surface area contributed by atoms with Gasteiger partial charge in [0, 0.05) is 42.9 Å². The first-order valence-electron chi connectivity index (χ1n) is 16.3. The molecule has 0 saturated carbocycles. The van der Waals surface area contributed by atoms with E-state index in [0.29, 0.717) is 42.7 Å². The Bertz CT molecular complexity index is 1570. The zero-order chi connectivity index (χ0) is 34.2. The fraction of sp³-hybridized carbons (Fsp3) is 0.405. The second-order valence-electron chi connectivity index (χ2n) is 11.7. The number of terminal acetylenes is 1. The summed E-state index contributed by atoms with van der Waals surface area (Å²) < 4.78 is 26.2. The third kappa shape index (κ3) is 12.3. The normalized spacial score (nSPS) is 12.7. The second-order valence-corrected chi connectivity index (χ2v) is 13.4. The molecule has 0 saturated heterocycles. The van der Waals surface area contributed by atoms with Gasteiger partial charge >= 0.3 is 0 Å². The van der Waals surface area contributed by atoms with E-state index in [-0.39, 0.29) is 30.2 Å². The smallest absolute Gasteiger partial charge is 0.253 e. The first-order chi connectivity index (χ1) is 22.6. The van der Waals surface area contributed by atoms with E-state index < -0.39 is 28.1 Å². The van der Waals surface area contributed by atoms with E-state index in [4.69, 9.17) is 6.42 Å². The lowest BCUT2D eigenvalue weighted by Crippen LogP contribution is -2.53. The van der Waals surface area contributed by atoms with E-state index in [0.717, 1.165) is 24.8 Å². The molecule has 10 heteroatoms. The summed E-state index contributed by atoms with van der Waals surface area (Å²) in [5.74, 6) is 1.64. The van der Waals surface area contributed by atoms with Crippen molar-refractivity contribution in [2.75, 3.05) is 26.2 Å². The van der Waals surface area contributed by atoms with Crippen molar-refractivity contribution in [1.82, 2.24) is 20.1 Å². The maximum Gasteiger partial charge on any atom is 0.253 e. The maximum absolute atomic E-state index is 13.8. The molecular formula is C37H48N4O5S. The van der Waals surface area contributed by atoms with Crippen molar-refractivity contribution in [3.8, 4) is 12.3 Å². The van der Waals surface area contributed by atoms with Gasteiger partial charge in [-0.25, -0.2) is 13.4 Å². The number of hydrazine groups is 1. The topological polar surface area (TPSA) is 119 Å². The summed E-state index contributed by atoms with van der Waals surface area (Å²) in [4.78, 5) is 31.6. The Labute approximate surface area is 280 Å². The Morgan fingerprint density at radius 3 is 2.02 bits per heavy atom. The quantitative estimate of drug-likeness (QED) is 0.126. The summed E-state index contributed by atoms with van der Waals surface area (Å²) in [6.07, 6.45) is 7.95. The molecule has 47 heavy (non-hydrogen) atoms. The minimum atomic E-state index is -3.77. The average molecular weight is 661 g/mol. The molecule has 3 aromatic rings. The number of carbonyl (C=O) groups is 2. The van der Waals surface area contributed by atoms with Gasteiger partial charge in [-0.3, -0.25) is 9.59 Å². The van der Waals surface area contributed by atoms with Crippen LogP contribution in [0.25, 0.3) is 0 Å². The largest absolute Gasteiger partial charge is 0.390 e. The van der Waals surface area contributed by atoms with Gasteiger partial charge in [0.25, 0.3) is 11.8 Å². The van der Waals surface area contributed by atoms with Crippen LogP contribution in [0.1, 0.15) is 83.9 Å². The van der Waals surface area contributed by atoms with Crippen molar-refractivity contribution in [3.63, 3.8) is 0 Å². The minimum Gasteiger partial charge on any atom is -0.390 e. The zero-order valence-corrected chi connectivity index (χ0v) is 28.5. The fourth-order valence-electron chi connectivity index (χ4n) is 5.30. The highest BCUT2D eigenvalue weighted by molar-refractivity contribution is 7.88. The molecule has 2 unspecified atom stereocenters. The number of rotatable bonds is 19. The molecule has 0 aliphatic rings. The number of unbranched alkanes of at least 4 members (excludes halogenated alkanes) is 1. The molecule has 0 fully saturated rings. The molecule has 2 amide bonds. The Balaban J connectivity index is 1.87. The summed E-state index contributed by atoms with van der Waals surface area (Å²) in [6.45, 7) is 7.48. The number of hydrogen-bond acceptors (Lipinski definition) is 6. The van der Waals surface area contributed by atoms with Gasteiger partial charge in [0.05, 0.1) is 17.9 Å². The van der Waals surface area contributed by atoms with E-state index in [1.165, 1.54) is 11.1 Å². The summed E-state index contributed by atoms with van der Waals surface area (Å²) in [6, 6.07) is 22.2. The number of nitrogens with zero attached hydrogens (tertiary/aromatic N) is 2. The van der Waals surface area contributed by atoms with Crippen LogP contribution in [-0.2, 0) is 22.2 Å². The van der Waals surface area contributed by atoms with Gasteiger partial charge in [-0.15, -0.1) is 11.3 Å². The third-order valence-corrected chi connectivity index (χ3v) is 8.87. The number of amides is 2. The van der Waals surface area contributed by atoms with Crippen LogP contribution < -0.4 is 10.1 Å². The molecule has 2 atom stereocenters. The van der Waals surface area contributed by atoms with Gasteiger partial charge < -0.3 is 15.3 Å². The lowest BCUT2D eigenvalue weighted by Gasteiger charge is -2.30. The first kappa shape index (κ1) is 37.4. The monoisotopic (exact) mass is 660 g/mol. The second kappa shape index (κ2) is 19.0. The molecule has 0 bridgehead atoms. The molecule has 0 radical (unpaired) electrons. The minimum absolute atomic E-state index is 0.0665. The first-order valence-corrected chi connectivity index (χ1v) is 18.0. The molecule has 0 heterocycles. The van der Waals surface area contributed by atoms with E-state index >= 15 is 0 Å². The summed E-state index contributed by atoms with van der Waals surface area (Å²) >= 11 is 0. The van der Waals surface area contributed by atoms with Gasteiger partial charge in [0.1, 0.15) is 0 Å². The number of hydrogen-bond donors (Lipinski definition) is 3. The van der Waals surface area contributed by atoms with Gasteiger partial charge in [0.15, 0.2) is 0 Å². The number of sulfonamides is 1. The number of benzene rings is 3. The van der Waals surface area contributed by atoms with E-state index in [1.54, 1.807) is 41.3 Å². The van der Waals surface area contributed by atoms with Crippen LogP contribution in [0.3, 0.4) is 0 Å². The Kier molecular flexibility index (Phi) is 15.1. The Morgan fingerprint density at radius 2 is 1.45 bits per heavy atom. The van der Waals surface area contributed by atoms with Gasteiger partial charge in [-0.1, -0.05) is 93.8 Å². The Morgan fingerprint density at radius 1 is 0.851 bits per heavy atom. The summed E-state index contributed by atoms with van der Waals surface area (Å²) in [5, 5.41) is 16.0. The van der Waals surface area contributed by atoms with Crippen molar-refractivity contribution in [1.29, 1.82) is 0 Å². The molecule has 9 nitrogen and oxygen atoms in total. The van der Waals surface area contributed by atoms with Crippen LogP contribution in [0.5, 0.6) is 0 Å². The van der Waals surface area contributed by atoms with Crippen molar-refractivity contribution in [2.45, 2.75) is 70.8 Å². The van der Waals surface area contributed by atoms with Crippen molar-refractivity contribution in [2.24, 2.45) is 0 Å². The molecule has 0 aliphatic heterocycles. The molecule has 3 aromatic carbocycles. The molecule has 0 aliphatic carbocycles. The number of aliphatic hydroxyl groups excluding tert-OH is 1. The predicted molar refractivity (Wildman–Crippen MR) is 187 cm³/mol. The molecular weight excluding hydrogens is 612 g/mol. The van der Waals surface area contributed by atoms with Crippen LogP contribution in [0.15, 0.2) is 78.9 Å². The lowest BCUT2D eigenvalue weighted by molar-refractivity contribution is 0.0614. The van der Waals surface area contributed by atoms with Gasteiger partial charge in [-0.2, -0.15) is 0 Å². The molecule has 0 spiro atoms. The van der Waals surface area contributed by atoms with Gasteiger partial charge in [0.2, 0.25) is 10.0 Å². The third-order valence-electron chi connectivity index (χ3n) is 7.62. The number of nitrogens with one attached hydrogen (secondary N) is 2. The summed E-state index contributed by atoms with van der Waals surface area (Å²) in [5.41, 5.74) is 2.45. The standard InChI is InChI=1S/C37H48N4O5S/c1-5-9-22-41(39-47(45,46)28-31-18-14-11-15-19-31)27-35(42)34(25-30-16-12-10-13-17-30)38-36(43)32-23-29(8-4)24-33(26-32)37(44)40(20-6-2)21-7-3/h4,10-19,23-24,26,34-35,39,42H,5-7,9,20-22,25,27-28H2,1-3H3,(H,38,43). The highest BCUT2D eigenvalue weighted by Gasteiger charge is 2.27. The zero-order valence-electron chi connectivity index (χ0n) is 27.7. The summed E-state index contributed by atoms with van der Waals surface area (Å²) in [7, 11) is -3.77. The Hall–Kier alpha value is -4.01. The highest BCUT2D eigenvalue weighted by Crippen LogP contribution is 2.16. The molecule has 3 N–H and O–H groups in total. The highest BCUT2D eigenvalue weighted by atomic mass is 32.2. The molecule has 0 aromatic heterocycles.